The van der Waals surface area contributed by atoms with Crippen LogP contribution in [0.4, 0.5) is 10.5 Å². The molecule has 2 N–H and O–H groups in total. The molecule has 1 aromatic carbocycles. The number of hydrogen-bond donors (Lipinski definition) is 2. The van der Waals surface area contributed by atoms with Gasteiger partial charge in [-0.2, -0.15) is 0 Å². The average Bonchev–Trinajstić information content (AvgIpc) is 2.70. The summed E-state index contributed by atoms with van der Waals surface area (Å²) in [7, 11) is 1.64. The predicted octanol–water partition coefficient (Wildman–Crippen LogP) is 1.61. The van der Waals surface area contributed by atoms with Gasteiger partial charge in [-0.25, -0.2) is 4.79 Å². The maximum Gasteiger partial charge on any atom is 0.321 e. The van der Waals surface area contributed by atoms with Crippen molar-refractivity contribution in [3.63, 3.8) is 0 Å². The summed E-state index contributed by atoms with van der Waals surface area (Å²) in [5, 5.41) is 12.1. The Morgan fingerprint density at radius 2 is 1.89 bits per heavy atom. The van der Waals surface area contributed by atoms with Crippen LogP contribution in [0.5, 0.6) is 5.75 Å². The van der Waals surface area contributed by atoms with Gasteiger partial charge in [-0.15, -0.1) is 0 Å². The van der Waals surface area contributed by atoms with Crippen molar-refractivity contribution in [2.24, 2.45) is 0 Å². The van der Waals surface area contributed by atoms with E-state index in [4.69, 9.17) is 9.84 Å². The minimum atomic E-state index is -0.0190. The largest absolute Gasteiger partial charge is 0.497 e. The predicted molar refractivity (Wildman–Crippen MR) is 106 cm³/mol. The first kappa shape index (κ1) is 19.9. The Hall–Kier alpha value is -1.83. The molecule has 0 unspecified atom stereocenters. The summed E-state index contributed by atoms with van der Waals surface area (Å²) in [6.07, 6.45) is 2.05. The first-order chi connectivity index (χ1) is 13.1. The van der Waals surface area contributed by atoms with Gasteiger partial charge in [-0.05, 0) is 43.5 Å². The summed E-state index contributed by atoms with van der Waals surface area (Å²) < 4.78 is 5.22. The molecule has 2 heterocycles. The van der Waals surface area contributed by atoms with Gasteiger partial charge in [0.1, 0.15) is 5.75 Å². The fourth-order valence-corrected chi connectivity index (χ4v) is 4.03. The molecule has 7 heteroatoms. The molecule has 0 bridgehead atoms. The number of carbonyl (C=O) groups excluding carboxylic acids is 1. The van der Waals surface area contributed by atoms with Crippen molar-refractivity contribution in [3.8, 4) is 5.75 Å². The van der Waals surface area contributed by atoms with Crippen LogP contribution >= 0.6 is 0 Å². The zero-order valence-electron chi connectivity index (χ0n) is 16.5. The molecule has 0 spiro atoms. The number of piperazine rings is 1. The topological polar surface area (TPSA) is 68.3 Å². The number of nitrogens with one attached hydrogen (secondary N) is 1. The Morgan fingerprint density at radius 3 is 2.48 bits per heavy atom. The molecule has 3 rings (SSSR count). The Balaban J connectivity index is 1.45. The molecule has 0 radical (unpaired) electrons. The zero-order chi connectivity index (χ0) is 19.2. The van der Waals surface area contributed by atoms with Crippen LogP contribution in [0.25, 0.3) is 0 Å². The molecule has 2 aliphatic rings. The van der Waals surface area contributed by atoms with Crippen LogP contribution in [0.15, 0.2) is 18.2 Å². The highest BCUT2D eigenvalue weighted by Gasteiger charge is 2.29. The second-order valence-electron chi connectivity index (χ2n) is 7.43. The van der Waals surface area contributed by atoms with Crippen molar-refractivity contribution in [1.29, 1.82) is 0 Å². The minimum Gasteiger partial charge on any atom is -0.497 e. The molecule has 0 aliphatic carbocycles. The lowest BCUT2D eigenvalue weighted by molar-refractivity contribution is 0.0598. The second-order valence-corrected chi connectivity index (χ2v) is 7.43. The van der Waals surface area contributed by atoms with Gasteiger partial charge in [0.05, 0.1) is 13.7 Å². The molecule has 150 valence electrons. The molecule has 2 saturated heterocycles. The SMILES string of the molecule is COc1ccc(NC(=O)N2CCC(N3CCN(CCO)CC3)CC2)c(C)c1. The van der Waals surface area contributed by atoms with E-state index in [0.29, 0.717) is 6.04 Å². The summed E-state index contributed by atoms with van der Waals surface area (Å²) in [5.74, 6) is 0.797. The molecule has 0 atom stereocenters. The molecule has 27 heavy (non-hydrogen) atoms. The van der Waals surface area contributed by atoms with E-state index in [1.807, 2.05) is 30.0 Å². The van der Waals surface area contributed by atoms with E-state index in [9.17, 15) is 4.79 Å². The van der Waals surface area contributed by atoms with E-state index in [-0.39, 0.29) is 12.6 Å². The van der Waals surface area contributed by atoms with E-state index in [2.05, 4.69) is 15.1 Å². The third-order valence-corrected chi connectivity index (χ3v) is 5.77. The van der Waals surface area contributed by atoms with Gasteiger partial charge in [0.15, 0.2) is 0 Å². The summed E-state index contributed by atoms with van der Waals surface area (Å²) >= 11 is 0. The lowest BCUT2D eigenvalue weighted by Crippen LogP contribution is -2.54. The number of carbonyl (C=O) groups is 1. The smallest absolute Gasteiger partial charge is 0.321 e. The van der Waals surface area contributed by atoms with Crippen molar-refractivity contribution >= 4 is 11.7 Å². The molecular formula is C20H32N4O3. The lowest BCUT2D eigenvalue weighted by atomic mass is 10.0. The van der Waals surface area contributed by atoms with Gasteiger partial charge in [-0.1, -0.05) is 0 Å². The summed E-state index contributed by atoms with van der Waals surface area (Å²) in [4.78, 5) is 19.4. The van der Waals surface area contributed by atoms with Crippen molar-refractivity contribution in [2.75, 3.05) is 64.8 Å². The highest BCUT2D eigenvalue weighted by Crippen LogP contribution is 2.23. The maximum atomic E-state index is 12.6. The molecule has 2 amide bonds. The molecule has 0 saturated carbocycles. The zero-order valence-corrected chi connectivity index (χ0v) is 16.5. The Morgan fingerprint density at radius 1 is 1.19 bits per heavy atom. The number of piperidine rings is 1. The molecular weight excluding hydrogens is 344 g/mol. The second kappa shape index (κ2) is 9.39. The van der Waals surface area contributed by atoms with Crippen LogP contribution in [0.3, 0.4) is 0 Å². The highest BCUT2D eigenvalue weighted by atomic mass is 16.5. The first-order valence-corrected chi connectivity index (χ1v) is 9.88. The van der Waals surface area contributed by atoms with Gasteiger partial charge >= 0.3 is 6.03 Å². The van der Waals surface area contributed by atoms with Crippen LogP contribution in [0.1, 0.15) is 18.4 Å². The molecule has 7 nitrogen and oxygen atoms in total. The van der Waals surface area contributed by atoms with Gasteiger partial charge in [0.25, 0.3) is 0 Å². The number of amides is 2. The standard InChI is InChI=1S/C20H32N4O3/c1-16-15-18(27-2)3-4-19(16)21-20(26)24-7-5-17(6-8-24)23-11-9-22(10-12-23)13-14-25/h3-4,15,17,25H,5-14H2,1-2H3,(H,21,26). The Labute approximate surface area is 161 Å². The van der Waals surface area contributed by atoms with Crippen LogP contribution in [0.2, 0.25) is 0 Å². The fourth-order valence-electron chi connectivity index (χ4n) is 4.03. The number of rotatable bonds is 5. The third-order valence-electron chi connectivity index (χ3n) is 5.77. The minimum absolute atomic E-state index is 0.0190. The molecule has 1 aromatic rings. The van der Waals surface area contributed by atoms with Crippen LogP contribution in [-0.4, -0.2) is 91.4 Å². The number of ether oxygens (including phenoxy) is 1. The molecule has 0 aromatic heterocycles. The monoisotopic (exact) mass is 376 g/mol. The van der Waals surface area contributed by atoms with E-state index in [0.717, 1.165) is 75.7 Å². The number of aliphatic hydroxyl groups is 1. The van der Waals surface area contributed by atoms with E-state index in [1.165, 1.54) is 0 Å². The normalized spacial score (nSPS) is 19.9. The lowest BCUT2D eigenvalue weighted by Gasteiger charge is -2.42. The number of anilines is 1. The van der Waals surface area contributed by atoms with Crippen molar-refractivity contribution in [2.45, 2.75) is 25.8 Å². The number of methoxy groups -OCH3 is 1. The van der Waals surface area contributed by atoms with Crippen LogP contribution < -0.4 is 10.1 Å². The number of urea groups is 1. The highest BCUT2D eigenvalue weighted by molar-refractivity contribution is 5.90. The number of aryl methyl sites for hydroxylation is 1. The van der Waals surface area contributed by atoms with Gasteiger partial charge < -0.3 is 20.1 Å². The molecule has 2 aliphatic heterocycles. The van der Waals surface area contributed by atoms with Gasteiger partial charge in [0.2, 0.25) is 0 Å². The number of hydrogen-bond acceptors (Lipinski definition) is 5. The van der Waals surface area contributed by atoms with E-state index >= 15 is 0 Å². The van der Waals surface area contributed by atoms with E-state index in [1.54, 1.807) is 7.11 Å². The first-order valence-electron chi connectivity index (χ1n) is 9.88. The number of aliphatic hydroxyl groups excluding tert-OH is 1. The number of β-amino-alcohol motifs (C(OH)–C–C–N with tert-alkyl or cyclic N) is 1. The summed E-state index contributed by atoms with van der Waals surface area (Å²) in [5.41, 5.74) is 1.83. The summed E-state index contributed by atoms with van der Waals surface area (Å²) in [6, 6.07) is 6.23. The third kappa shape index (κ3) is 5.12. The quantitative estimate of drug-likeness (QED) is 0.817. The van der Waals surface area contributed by atoms with Crippen molar-refractivity contribution in [3.05, 3.63) is 23.8 Å². The maximum absolute atomic E-state index is 12.6. The Kier molecular flexibility index (Phi) is 6.93. The van der Waals surface area contributed by atoms with Crippen molar-refractivity contribution in [1.82, 2.24) is 14.7 Å². The van der Waals surface area contributed by atoms with Gasteiger partial charge in [0, 0.05) is 57.5 Å². The fraction of sp³-hybridized carbons (Fsp3) is 0.650. The number of benzene rings is 1. The Bertz CT molecular complexity index is 624. The van der Waals surface area contributed by atoms with Gasteiger partial charge in [-0.3, -0.25) is 9.80 Å². The van der Waals surface area contributed by atoms with Crippen LogP contribution in [0, 0.1) is 6.92 Å². The van der Waals surface area contributed by atoms with Crippen molar-refractivity contribution < 1.29 is 14.6 Å². The van der Waals surface area contributed by atoms with Crippen LogP contribution in [-0.2, 0) is 0 Å². The number of likely N-dealkylation sites (tertiary alicyclic amines) is 1. The summed E-state index contributed by atoms with van der Waals surface area (Å²) in [6.45, 7) is 8.74. The van der Waals surface area contributed by atoms with E-state index < -0.39 is 0 Å². The average molecular weight is 377 g/mol. The molecule has 2 fully saturated rings. The number of nitrogens with zero attached hydrogens (tertiary/aromatic N) is 3.